The molecule has 6 nitrogen and oxygen atoms in total. The van der Waals surface area contributed by atoms with Gasteiger partial charge in [-0.2, -0.15) is 0 Å². The highest BCUT2D eigenvalue weighted by Gasteiger charge is 2.26. The van der Waals surface area contributed by atoms with E-state index in [1.165, 1.54) is 0 Å². The number of sulfonamides is 1. The van der Waals surface area contributed by atoms with Crippen molar-refractivity contribution in [1.82, 2.24) is 10.6 Å². The van der Waals surface area contributed by atoms with Crippen LogP contribution < -0.4 is 15.4 Å². The summed E-state index contributed by atoms with van der Waals surface area (Å²) in [4.78, 5) is 12.4. The van der Waals surface area contributed by atoms with Gasteiger partial charge in [0.15, 0.2) is 0 Å². The fourth-order valence-corrected chi connectivity index (χ4v) is 3.53. The van der Waals surface area contributed by atoms with Crippen LogP contribution in [-0.4, -0.2) is 33.2 Å². The first kappa shape index (κ1) is 17.7. The molecule has 1 aliphatic heterocycles. The summed E-state index contributed by atoms with van der Waals surface area (Å²) >= 11 is 0. The number of carbonyl (C=O) groups is 1. The monoisotopic (exact) mass is 339 g/mol. The van der Waals surface area contributed by atoms with Gasteiger partial charge in [-0.15, -0.1) is 0 Å². The summed E-state index contributed by atoms with van der Waals surface area (Å²) in [5.74, 6) is 0.0312. The smallest absolute Gasteiger partial charge is 0.229 e. The lowest BCUT2D eigenvalue weighted by Gasteiger charge is -2.28. The van der Waals surface area contributed by atoms with E-state index in [9.17, 15) is 13.2 Å². The number of nitrogens with one attached hydrogen (secondary N) is 3. The van der Waals surface area contributed by atoms with Crippen LogP contribution in [0.2, 0.25) is 0 Å². The molecule has 1 fully saturated rings. The SMILES string of the molecule is CC(NC(=O)[C@H]1CCN[C@@H](C)C1)c1ccccc1NS(C)(=O)=O. The van der Waals surface area contributed by atoms with E-state index in [1.807, 2.05) is 19.1 Å². The van der Waals surface area contributed by atoms with Crippen LogP contribution in [0.15, 0.2) is 24.3 Å². The molecule has 1 aromatic carbocycles. The average Bonchev–Trinajstić information content (AvgIpc) is 2.46. The van der Waals surface area contributed by atoms with E-state index < -0.39 is 10.0 Å². The summed E-state index contributed by atoms with van der Waals surface area (Å²) in [6.07, 6.45) is 2.76. The van der Waals surface area contributed by atoms with E-state index in [2.05, 4.69) is 22.3 Å². The third-order valence-electron chi connectivity index (χ3n) is 4.08. The molecule has 0 saturated carbocycles. The van der Waals surface area contributed by atoms with Gasteiger partial charge in [0.05, 0.1) is 18.0 Å². The van der Waals surface area contributed by atoms with E-state index in [1.54, 1.807) is 12.1 Å². The Morgan fingerprint density at radius 2 is 2.04 bits per heavy atom. The molecule has 1 unspecified atom stereocenters. The van der Waals surface area contributed by atoms with Crippen molar-refractivity contribution in [2.75, 3.05) is 17.5 Å². The predicted octanol–water partition coefficient (Wildman–Crippen LogP) is 1.62. The maximum absolute atomic E-state index is 12.4. The first-order chi connectivity index (χ1) is 10.8. The summed E-state index contributed by atoms with van der Waals surface area (Å²) < 4.78 is 25.5. The van der Waals surface area contributed by atoms with Crippen LogP contribution in [0.3, 0.4) is 0 Å². The van der Waals surface area contributed by atoms with Gasteiger partial charge >= 0.3 is 0 Å². The molecule has 1 aliphatic rings. The highest BCUT2D eigenvalue weighted by molar-refractivity contribution is 7.92. The summed E-state index contributed by atoms with van der Waals surface area (Å²) in [5, 5.41) is 6.34. The van der Waals surface area contributed by atoms with Crippen LogP contribution in [0.1, 0.15) is 38.3 Å². The molecule has 2 rings (SSSR count). The van der Waals surface area contributed by atoms with Crippen LogP contribution in [0.25, 0.3) is 0 Å². The lowest BCUT2D eigenvalue weighted by Crippen LogP contribution is -2.43. The zero-order chi connectivity index (χ0) is 17.0. The Morgan fingerprint density at radius 3 is 2.70 bits per heavy atom. The van der Waals surface area contributed by atoms with Crippen molar-refractivity contribution in [2.45, 2.75) is 38.8 Å². The number of carbonyl (C=O) groups excluding carboxylic acids is 1. The minimum absolute atomic E-state index is 0.00345. The van der Waals surface area contributed by atoms with Crippen molar-refractivity contribution < 1.29 is 13.2 Å². The van der Waals surface area contributed by atoms with Gasteiger partial charge in [0.25, 0.3) is 0 Å². The molecule has 23 heavy (non-hydrogen) atoms. The quantitative estimate of drug-likeness (QED) is 0.761. The van der Waals surface area contributed by atoms with Gasteiger partial charge in [0.1, 0.15) is 0 Å². The Morgan fingerprint density at radius 1 is 1.35 bits per heavy atom. The number of para-hydroxylation sites is 1. The second kappa shape index (κ2) is 7.31. The summed E-state index contributed by atoms with van der Waals surface area (Å²) in [6.45, 7) is 4.79. The fourth-order valence-electron chi connectivity index (χ4n) is 2.95. The van der Waals surface area contributed by atoms with Gasteiger partial charge < -0.3 is 10.6 Å². The summed E-state index contributed by atoms with van der Waals surface area (Å²) in [5.41, 5.74) is 1.26. The number of benzene rings is 1. The molecule has 0 spiro atoms. The third-order valence-corrected chi connectivity index (χ3v) is 4.67. The third kappa shape index (κ3) is 5.21. The molecule has 0 bridgehead atoms. The standard InChI is InChI=1S/C16H25N3O3S/c1-11-10-13(8-9-17-11)16(20)18-12(2)14-6-4-5-7-15(14)19-23(3,21)22/h4-7,11-13,17,19H,8-10H2,1-3H3,(H,18,20)/t11-,12?,13-/m0/s1. The zero-order valence-electron chi connectivity index (χ0n) is 13.8. The molecular formula is C16H25N3O3S. The van der Waals surface area contributed by atoms with Crippen LogP contribution in [0.4, 0.5) is 5.69 Å². The van der Waals surface area contributed by atoms with Crippen LogP contribution in [-0.2, 0) is 14.8 Å². The maximum Gasteiger partial charge on any atom is 0.229 e. The van der Waals surface area contributed by atoms with E-state index in [-0.39, 0.29) is 17.9 Å². The van der Waals surface area contributed by atoms with Crippen molar-refractivity contribution in [3.63, 3.8) is 0 Å². The number of anilines is 1. The molecule has 0 aliphatic carbocycles. The van der Waals surface area contributed by atoms with E-state index in [0.717, 1.165) is 31.2 Å². The zero-order valence-corrected chi connectivity index (χ0v) is 14.6. The second-order valence-electron chi connectivity index (χ2n) is 6.27. The molecule has 1 heterocycles. The first-order valence-electron chi connectivity index (χ1n) is 7.86. The Labute approximate surface area is 138 Å². The minimum Gasteiger partial charge on any atom is -0.349 e. The predicted molar refractivity (Wildman–Crippen MR) is 91.7 cm³/mol. The van der Waals surface area contributed by atoms with E-state index in [0.29, 0.717) is 11.7 Å². The Kier molecular flexibility index (Phi) is 5.64. The topological polar surface area (TPSA) is 87.3 Å². The number of hydrogen-bond acceptors (Lipinski definition) is 4. The molecular weight excluding hydrogens is 314 g/mol. The van der Waals surface area contributed by atoms with Gasteiger partial charge in [-0.05, 0) is 44.9 Å². The lowest BCUT2D eigenvalue weighted by molar-refractivity contribution is -0.126. The van der Waals surface area contributed by atoms with Crippen molar-refractivity contribution in [3.8, 4) is 0 Å². The van der Waals surface area contributed by atoms with Crippen molar-refractivity contribution in [2.24, 2.45) is 5.92 Å². The Balaban J connectivity index is 2.08. The van der Waals surface area contributed by atoms with Crippen molar-refractivity contribution in [3.05, 3.63) is 29.8 Å². The minimum atomic E-state index is -3.36. The fraction of sp³-hybridized carbons (Fsp3) is 0.562. The molecule has 1 aromatic rings. The van der Waals surface area contributed by atoms with E-state index in [4.69, 9.17) is 0 Å². The van der Waals surface area contributed by atoms with Crippen LogP contribution >= 0.6 is 0 Å². The van der Waals surface area contributed by atoms with Crippen LogP contribution in [0.5, 0.6) is 0 Å². The number of piperidine rings is 1. The van der Waals surface area contributed by atoms with Crippen molar-refractivity contribution >= 4 is 21.6 Å². The molecule has 1 amide bonds. The highest BCUT2D eigenvalue weighted by atomic mass is 32.2. The molecule has 0 radical (unpaired) electrons. The van der Waals surface area contributed by atoms with Gasteiger partial charge in [0, 0.05) is 12.0 Å². The highest BCUT2D eigenvalue weighted by Crippen LogP contribution is 2.24. The van der Waals surface area contributed by atoms with Crippen LogP contribution in [0, 0.1) is 5.92 Å². The second-order valence-corrected chi connectivity index (χ2v) is 8.02. The van der Waals surface area contributed by atoms with Gasteiger partial charge in [-0.1, -0.05) is 18.2 Å². The Bertz CT molecular complexity index is 660. The number of hydrogen-bond donors (Lipinski definition) is 3. The molecule has 128 valence electrons. The lowest BCUT2D eigenvalue weighted by atomic mass is 9.92. The summed E-state index contributed by atoms with van der Waals surface area (Å²) in [7, 11) is -3.36. The number of rotatable bonds is 5. The first-order valence-corrected chi connectivity index (χ1v) is 9.76. The summed E-state index contributed by atoms with van der Waals surface area (Å²) in [6, 6.07) is 7.19. The molecule has 0 aromatic heterocycles. The number of amides is 1. The van der Waals surface area contributed by atoms with Gasteiger partial charge in [0.2, 0.25) is 15.9 Å². The Hall–Kier alpha value is -1.60. The molecule has 3 atom stereocenters. The molecule has 7 heteroatoms. The average molecular weight is 339 g/mol. The molecule has 1 saturated heterocycles. The van der Waals surface area contributed by atoms with Gasteiger partial charge in [-0.25, -0.2) is 8.42 Å². The normalized spacial score (nSPS) is 23.1. The molecule has 3 N–H and O–H groups in total. The van der Waals surface area contributed by atoms with E-state index >= 15 is 0 Å². The largest absolute Gasteiger partial charge is 0.349 e. The maximum atomic E-state index is 12.4. The van der Waals surface area contributed by atoms with Crippen molar-refractivity contribution in [1.29, 1.82) is 0 Å². The van der Waals surface area contributed by atoms with Gasteiger partial charge in [-0.3, -0.25) is 9.52 Å².